The van der Waals surface area contributed by atoms with Crippen LogP contribution >= 0.6 is 0 Å². The van der Waals surface area contributed by atoms with Gasteiger partial charge in [-0.15, -0.1) is 0 Å². The fourth-order valence-electron chi connectivity index (χ4n) is 5.08. The Morgan fingerprint density at radius 3 is 2.76 bits per heavy atom. The lowest BCUT2D eigenvalue weighted by molar-refractivity contribution is -0.142. The molecule has 9 nitrogen and oxygen atoms in total. The van der Waals surface area contributed by atoms with E-state index in [1.165, 1.54) is 12.4 Å². The first-order chi connectivity index (χ1) is 16.2. The van der Waals surface area contributed by atoms with Gasteiger partial charge in [0.2, 0.25) is 16.0 Å². The van der Waals surface area contributed by atoms with Gasteiger partial charge in [-0.1, -0.05) is 6.42 Å². The second-order valence-electron chi connectivity index (χ2n) is 9.19. The Balaban J connectivity index is 1.36. The first-order valence-electron chi connectivity index (χ1n) is 11.6. The molecule has 2 aromatic rings. The number of nitrogens with zero attached hydrogens (tertiary/aromatic N) is 6. The van der Waals surface area contributed by atoms with E-state index in [1.807, 2.05) is 0 Å². The molecule has 0 radical (unpaired) electrons. The number of halogens is 3. The molecule has 2 aromatic heterocycles. The van der Waals surface area contributed by atoms with Crippen molar-refractivity contribution in [3.8, 4) is 0 Å². The zero-order chi connectivity index (χ0) is 23.9. The molecule has 0 spiro atoms. The monoisotopic (exact) mass is 499 g/mol. The van der Waals surface area contributed by atoms with Crippen molar-refractivity contribution in [2.75, 3.05) is 35.6 Å². The van der Waals surface area contributed by atoms with Crippen molar-refractivity contribution in [3.05, 3.63) is 29.2 Å². The number of hydrogen-bond acceptors (Lipinski definition) is 7. The van der Waals surface area contributed by atoms with E-state index >= 15 is 0 Å². The third-order valence-electron chi connectivity index (χ3n) is 6.68. The SMILES string of the molecule is O=S1(=O)CCC2CN(c3nc(NCc4cnn(CC(F)(F)F)c4)nc4c3CCCCC4)CCN21. The molecule has 0 amide bonds. The summed E-state index contributed by atoms with van der Waals surface area (Å²) in [5.74, 6) is 1.48. The fourth-order valence-corrected chi connectivity index (χ4v) is 6.87. The summed E-state index contributed by atoms with van der Waals surface area (Å²) in [4.78, 5) is 11.7. The van der Waals surface area contributed by atoms with Crippen LogP contribution in [0.25, 0.3) is 0 Å². The molecule has 1 atom stereocenters. The highest BCUT2D eigenvalue weighted by Crippen LogP contribution is 2.33. The van der Waals surface area contributed by atoms with Gasteiger partial charge in [0.05, 0.1) is 17.6 Å². The summed E-state index contributed by atoms with van der Waals surface area (Å²) in [5, 5.41) is 6.94. The van der Waals surface area contributed by atoms with Crippen LogP contribution in [0.2, 0.25) is 0 Å². The molecule has 0 bridgehead atoms. The van der Waals surface area contributed by atoms with Crippen LogP contribution in [0, 0.1) is 0 Å². The summed E-state index contributed by atoms with van der Waals surface area (Å²) in [5.41, 5.74) is 2.74. The van der Waals surface area contributed by atoms with Crippen molar-refractivity contribution in [2.45, 2.75) is 63.8 Å². The van der Waals surface area contributed by atoms with Gasteiger partial charge in [0.25, 0.3) is 0 Å². The van der Waals surface area contributed by atoms with Gasteiger partial charge in [0, 0.05) is 49.5 Å². The largest absolute Gasteiger partial charge is 0.408 e. The second-order valence-corrected chi connectivity index (χ2v) is 11.2. The number of rotatable bonds is 5. The third-order valence-corrected chi connectivity index (χ3v) is 8.63. The number of alkyl halides is 3. The Bertz CT molecular complexity index is 1150. The predicted octanol–water partition coefficient (Wildman–Crippen LogP) is 2.34. The van der Waals surface area contributed by atoms with Crippen LogP contribution in [-0.4, -0.2) is 70.1 Å². The van der Waals surface area contributed by atoms with E-state index in [0.717, 1.165) is 53.9 Å². The molecule has 2 saturated heterocycles. The molecular weight excluding hydrogens is 471 g/mol. The molecule has 13 heteroatoms. The Kier molecular flexibility index (Phi) is 6.17. The summed E-state index contributed by atoms with van der Waals surface area (Å²) >= 11 is 0. The van der Waals surface area contributed by atoms with Crippen molar-refractivity contribution in [1.82, 2.24) is 24.1 Å². The van der Waals surface area contributed by atoms with Crippen LogP contribution in [0.15, 0.2) is 12.4 Å². The maximum Gasteiger partial charge on any atom is 0.408 e. The highest BCUT2D eigenvalue weighted by Gasteiger charge is 2.41. The van der Waals surface area contributed by atoms with E-state index < -0.39 is 22.7 Å². The van der Waals surface area contributed by atoms with Crippen LogP contribution in [0.3, 0.4) is 0 Å². The van der Waals surface area contributed by atoms with Gasteiger partial charge in [-0.3, -0.25) is 4.68 Å². The average molecular weight is 500 g/mol. The molecule has 3 aliphatic rings. The number of aromatic nitrogens is 4. The van der Waals surface area contributed by atoms with Crippen molar-refractivity contribution >= 4 is 21.8 Å². The lowest BCUT2D eigenvalue weighted by Crippen LogP contribution is -2.52. The Labute approximate surface area is 196 Å². The second kappa shape index (κ2) is 8.99. The minimum absolute atomic E-state index is 0.0361. The van der Waals surface area contributed by atoms with E-state index in [-0.39, 0.29) is 18.3 Å². The van der Waals surface area contributed by atoms with E-state index in [2.05, 4.69) is 15.3 Å². The fraction of sp³-hybridized carbons (Fsp3) is 0.667. The van der Waals surface area contributed by atoms with Gasteiger partial charge in [0.15, 0.2) is 0 Å². The van der Waals surface area contributed by atoms with Crippen LogP contribution in [-0.2, 0) is 36.0 Å². The maximum atomic E-state index is 12.6. The topological polar surface area (TPSA) is 96.2 Å². The molecule has 1 unspecified atom stereocenters. The van der Waals surface area contributed by atoms with Crippen molar-refractivity contribution in [3.63, 3.8) is 0 Å². The number of sulfonamides is 1. The molecule has 0 saturated carbocycles. The minimum atomic E-state index is -4.32. The quantitative estimate of drug-likeness (QED) is 0.631. The normalized spacial score (nSPS) is 22.8. The van der Waals surface area contributed by atoms with Crippen LogP contribution in [0.4, 0.5) is 24.9 Å². The Morgan fingerprint density at radius 2 is 1.94 bits per heavy atom. The van der Waals surface area contributed by atoms with E-state index in [9.17, 15) is 21.6 Å². The average Bonchev–Trinajstić information content (AvgIpc) is 3.24. The molecule has 5 rings (SSSR count). The number of piperazine rings is 1. The van der Waals surface area contributed by atoms with Gasteiger partial charge >= 0.3 is 6.18 Å². The van der Waals surface area contributed by atoms with Crippen molar-refractivity contribution in [2.24, 2.45) is 0 Å². The number of anilines is 2. The van der Waals surface area contributed by atoms with Crippen molar-refractivity contribution in [1.29, 1.82) is 0 Å². The van der Waals surface area contributed by atoms with E-state index in [0.29, 0.717) is 37.6 Å². The number of aryl methyl sites for hydroxylation is 1. The molecule has 186 valence electrons. The van der Waals surface area contributed by atoms with Gasteiger partial charge in [0.1, 0.15) is 12.4 Å². The van der Waals surface area contributed by atoms with Gasteiger partial charge in [-0.25, -0.2) is 13.4 Å². The van der Waals surface area contributed by atoms with Crippen LogP contribution < -0.4 is 10.2 Å². The molecular formula is C21H28F3N7O2S. The Morgan fingerprint density at radius 1 is 1.12 bits per heavy atom. The molecule has 1 N–H and O–H groups in total. The van der Waals surface area contributed by atoms with E-state index in [1.54, 1.807) is 4.31 Å². The molecule has 0 aromatic carbocycles. The van der Waals surface area contributed by atoms with Gasteiger partial charge in [-0.05, 0) is 32.1 Å². The van der Waals surface area contributed by atoms with Gasteiger partial charge < -0.3 is 10.2 Å². The molecule has 34 heavy (non-hydrogen) atoms. The van der Waals surface area contributed by atoms with Crippen LogP contribution in [0.5, 0.6) is 0 Å². The smallest absolute Gasteiger partial charge is 0.353 e. The summed E-state index contributed by atoms with van der Waals surface area (Å²) in [6, 6.07) is -0.0361. The third kappa shape index (κ3) is 4.99. The zero-order valence-electron chi connectivity index (χ0n) is 18.8. The summed E-state index contributed by atoms with van der Waals surface area (Å²) < 4.78 is 64.8. The first-order valence-corrected chi connectivity index (χ1v) is 13.2. The summed E-state index contributed by atoms with van der Waals surface area (Å²) in [6.45, 7) is 0.752. The first kappa shape index (κ1) is 23.3. The standard InChI is InChI=1S/C21H28F3N7O2S/c22-21(23,24)14-30-12-15(11-26-30)10-25-20-27-18-5-3-1-2-4-17(18)19(28-20)29-7-8-31-16(13-29)6-9-34(31,32)33/h11-12,16H,1-10,13-14H2,(H,25,27,28). The minimum Gasteiger partial charge on any atom is -0.353 e. The predicted molar refractivity (Wildman–Crippen MR) is 120 cm³/mol. The maximum absolute atomic E-state index is 12.6. The Hall–Kier alpha value is -2.41. The molecule has 4 heterocycles. The highest BCUT2D eigenvalue weighted by atomic mass is 32.2. The van der Waals surface area contributed by atoms with Crippen molar-refractivity contribution < 1.29 is 21.6 Å². The lowest BCUT2D eigenvalue weighted by atomic mass is 10.1. The number of nitrogens with one attached hydrogen (secondary N) is 1. The lowest BCUT2D eigenvalue weighted by Gasteiger charge is -2.38. The summed E-state index contributed by atoms with van der Waals surface area (Å²) in [7, 11) is -3.15. The molecule has 2 aliphatic heterocycles. The highest BCUT2D eigenvalue weighted by molar-refractivity contribution is 7.89. The summed E-state index contributed by atoms with van der Waals surface area (Å²) in [6.07, 6.45) is 4.03. The zero-order valence-corrected chi connectivity index (χ0v) is 19.6. The number of hydrogen-bond donors (Lipinski definition) is 1. The van der Waals surface area contributed by atoms with Gasteiger partial charge in [-0.2, -0.15) is 27.6 Å². The van der Waals surface area contributed by atoms with E-state index in [4.69, 9.17) is 9.97 Å². The number of fused-ring (bicyclic) bond motifs is 2. The van der Waals surface area contributed by atoms with Crippen LogP contribution in [0.1, 0.15) is 42.5 Å². The molecule has 1 aliphatic carbocycles. The molecule has 2 fully saturated rings.